The van der Waals surface area contributed by atoms with E-state index in [4.69, 9.17) is 25.8 Å². The molecule has 0 fully saturated rings. The van der Waals surface area contributed by atoms with Gasteiger partial charge in [0, 0.05) is 10.7 Å². The van der Waals surface area contributed by atoms with Gasteiger partial charge in [0.1, 0.15) is 0 Å². The van der Waals surface area contributed by atoms with Crippen molar-refractivity contribution in [1.29, 1.82) is 0 Å². The summed E-state index contributed by atoms with van der Waals surface area (Å²) in [6.07, 6.45) is 2.47. The van der Waals surface area contributed by atoms with E-state index < -0.39 is 18.5 Å². The molecule has 2 aromatic rings. The molecule has 0 atom stereocenters. The summed E-state index contributed by atoms with van der Waals surface area (Å²) in [5.41, 5.74) is 2.31. The Morgan fingerprint density at radius 2 is 1.96 bits per heavy atom. The van der Waals surface area contributed by atoms with Crippen LogP contribution in [0, 0.1) is 6.92 Å². The zero-order chi connectivity index (χ0) is 20.5. The van der Waals surface area contributed by atoms with Gasteiger partial charge in [0.2, 0.25) is 0 Å². The summed E-state index contributed by atoms with van der Waals surface area (Å²) < 4.78 is 15.6. The number of ether oxygens (including phenoxy) is 3. The molecule has 28 heavy (non-hydrogen) atoms. The Hall–Kier alpha value is -2.99. The van der Waals surface area contributed by atoms with Gasteiger partial charge in [-0.05, 0) is 48.7 Å². The number of methoxy groups -OCH3 is 1. The van der Waals surface area contributed by atoms with Crippen LogP contribution in [0.5, 0.6) is 11.5 Å². The van der Waals surface area contributed by atoms with E-state index in [-0.39, 0.29) is 6.61 Å². The molecule has 2 aromatic carbocycles. The molecule has 0 radical (unpaired) electrons. The third-order valence-electron chi connectivity index (χ3n) is 3.86. The smallest absolute Gasteiger partial charge is 0.344 e. The van der Waals surface area contributed by atoms with Gasteiger partial charge in [-0.2, -0.15) is 0 Å². The Kier molecular flexibility index (Phi) is 7.89. The Bertz CT molecular complexity index is 866. The monoisotopic (exact) mass is 403 g/mol. The molecule has 0 heterocycles. The van der Waals surface area contributed by atoms with Gasteiger partial charge in [0.05, 0.1) is 7.11 Å². The molecule has 0 saturated heterocycles. The number of benzene rings is 2. The van der Waals surface area contributed by atoms with Crippen molar-refractivity contribution < 1.29 is 23.8 Å². The standard InChI is InChI=1S/C21H22ClNO5/c1-4-6-15-9-10-18(19(11-15)26-3)27-13-21(25)28-12-20(24)23-17-8-5-7-16(22)14(17)2/h4-5,7-11H,1,6,12-13H2,2-3H3,(H,23,24). The van der Waals surface area contributed by atoms with Crippen molar-refractivity contribution in [3.63, 3.8) is 0 Å². The summed E-state index contributed by atoms with van der Waals surface area (Å²) in [6.45, 7) is 4.70. The molecule has 6 nitrogen and oxygen atoms in total. The highest BCUT2D eigenvalue weighted by Gasteiger charge is 2.12. The maximum Gasteiger partial charge on any atom is 0.344 e. The van der Waals surface area contributed by atoms with E-state index in [1.165, 1.54) is 7.11 Å². The fourth-order valence-corrected chi connectivity index (χ4v) is 2.55. The number of allylic oxidation sites excluding steroid dienone is 1. The number of hydrogen-bond donors (Lipinski definition) is 1. The lowest BCUT2D eigenvalue weighted by molar-refractivity contribution is -0.149. The second-order valence-electron chi connectivity index (χ2n) is 5.89. The lowest BCUT2D eigenvalue weighted by Gasteiger charge is -2.12. The summed E-state index contributed by atoms with van der Waals surface area (Å²) in [6, 6.07) is 10.5. The summed E-state index contributed by atoms with van der Waals surface area (Å²) in [7, 11) is 1.51. The zero-order valence-electron chi connectivity index (χ0n) is 15.8. The number of rotatable bonds is 9. The second kappa shape index (κ2) is 10.4. The predicted molar refractivity (Wildman–Crippen MR) is 108 cm³/mol. The number of esters is 1. The van der Waals surface area contributed by atoms with Gasteiger partial charge < -0.3 is 19.5 Å². The SMILES string of the molecule is C=CCc1ccc(OCC(=O)OCC(=O)Nc2cccc(Cl)c2C)c(OC)c1. The van der Waals surface area contributed by atoms with Crippen molar-refractivity contribution >= 4 is 29.2 Å². The normalized spacial score (nSPS) is 10.1. The third-order valence-corrected chi connectivity index (χ3v) is 4.27. The third kappa shape index (κ3) is 6.03. The first-order valence-electron chi connectivity index (χ1n) is 8.55. The minimum absolute atomic E-state index is 0.347. The van der Waals surface area contributed by atoms with E-state index >= 15 is 0 Å². The van der Waals surface area contributed by atoms with Crippen LogP contribution in [0.2, 0.25) is 5.02 Å². The van der Waals surface area contributed by atoms with Gasteiger partial charge in [-0.25, -0.2) is 4.79 Å². The molecule has 0 aliphatic heterocycles. The molecule has 0 unspecified atom stereocenters. The van der Waals surface area contributed by atoms with Crippen LogP contribution in [0.4, 0.5) is 5.69 Å². The summed E-state index contributed by atoms with van der Waals surface area (Å²) in [5, 5.41) is 3.19. The van der Waals surface area contributed by atoms with Crippen LogP contribution >= 0.6 is 11.6 Å². The van der Waals surface area contributed by atoms with Gasteiger partial charge in [0.25, 0.3) is 5.91 Å². The molecule has 0 aliphatic carbocycles. The van der Waals surface area contributed by atoms with Crippen LogP contribution in [-0.2, 0) is 20.7 Å². The molecule has 0 saturated carbocycles. The predicted octanol–water partition coefficient (Wildman–Crippen LogP) is 3.95. The first-order valence-corrected chi connectivity index (χ1v) is 8.93. The summed E-state index contributed by atoms with van der Waals surface area (Å²) >= 11 is 6.01. The van der Waals surface area contributed by atoms with Gasteiger partial charge >= 0.3 is 5.97 Å². The van der Waals surface area contributed by atoms with Crippen molar-refractivity contribution in [3.8, 4) is 11.5 Å². The topological polar surface area (TPSA) is 73.9 Å². The number of hydrogen-bond acceptors (Lipinski definition) is 5. The van der Waals surface area contributed by atoms with Crippen LogP contribution in [0.1, 0.15) is 11.1 Å². The van der Waals surface area contributed by atoms with Gasteiger partial charge in [0.15, 0.2) is 24.7 Å². The molecular formula is C21H22ClNO5. The zero-order valence-corrected chi connectivity index (χ0v) is 16.5. The first kappa shape index (κ1) is 21.3. The fourth-order valence-electron chi connectivity index (χ4n) is 2.38. The van der Waals surface area contributed by atoms with Crippen molar-refractivity contribution in [2.24, 2.45) is 0 Å². The van der Waals surface area contributed by atoms with E-state index in [1.807, 2.05) is 12.1 Å². The molecule has 0 aromatic heterocycles. The molecule has 7 heteroatoms. The van der Waals surface area contributed by atoms with Crippen molar-refractivity contribution in [2.75, 3.05) is 25.6 Å². The van der Waals surface area contributed by atoms with Gasteiger partial charge in [-0.1, -0.05) is 29.8 Å². The highest BCUT2D eigenvalue weighted by Crippen LogP contribution is 2.28. The Labute approximate surface area is 169 Å². The Morgan fingerprint density at radius 1 is 1.18 bits per heavy atom. The number of nitrogens with one attached hydrogen (secondary N) is 1. The van der Waals surface area contributed by atoms with E-state index in [2.05, 4.69) is 11.9 Å². The number of carbonyl (C=O) groups excluding carboxylic acids is 2. The van der Waals surface area contributed by atoms with Crippen molar-refractivity contribution in [2.45, 2.75) is 13.3 Å². The number of halogens is 1. The van der Waals surface area contributed by atoms with E-state index in [0.717, 1.165) is 11.1 Å². The highest BCUT2D eigenvalue weighted by molar-refractivity contribution is 6.31. The minimum atomic E-state index is -0.671. The Morgan fingerprint density at radius 3 is 2.68 bits per heavy atom. The number of anilines is 1. The van der Waals surface area contributed by atoms with Crippen molar-refractivity contribution in [1.82, 2.24) is 0 Å². The van der Waals surface area contributed by atoms with Gasteiger partial charge in [-0.15, -0.1) is 6.58 Å². The quantitative estimate of drug-likeness (QED) is 0.507. The lowest BCUT2D eigenvalue weighted by atomic mass is 10.1. The minimum Gasteiger partial charge on any atom is -0.493 e. The van der Waals surface area contributed by atoms with Crippen LogP contribution in [0.15, 0.2) is 49.1 Å². The van der Waals surface area contributed by atoms with Crippen molar-refractivity contribution in [3.05, 3.63) is 65.2 Å². The second-order valence-corrected chi connectivity index (χ2v) is 6.30. The van der Waals surface area contributed by atoms with Crippen LogP contribution in [0.25, 0.3) is 0 Å². The number of carbonyl (C=O) groups is 2. The summed E-state index contributed by atoms with van der Waals surface area (Å²) in [5.74, 6) is -0.229. The molecular weight excluding hydrogens is 382 g/mol. The molecule has 0 spiro atoms. The van der Waals surface area contributed by atoms with E-state index in [0.29, 0.717) is 28.6 Å². The van der Waals surface area contributed by atoms with E-state index in [1.54, 1.807) is 37.3 Å². The molecule has 148 valence electrons. The number of amides is 1. The molecule has 0 bridgehead atoms. The average molecular weight is 404 g/mol. The lowest BCUT2D eigenvalue weighted by Crippen LogP contribution is -2.24. The highest BCUT2D eigenvalue weighted by atomic mass is 35.5. The largest absolute Gasteiger partial charge is 0.493 e. The fraction of sp³-hybridized carbons (Fsp3) is 0.238. The molecule has 0 aliphatic rings. The molecule has 2 rings (SSSR count). The van der Waals surface area contributed by atoms with Crippen LogP contribution < -0.4 is 14.8 Å². The molecule has 1 N–H and O–H groups in total. The van der Waals surface area contributed by atoms with E-state index in [9.17, 15) is 9.59 Å². The Balaban J connectivity index is 1.83. The first-order chi connectivity index (χ1) is 13.4. The maximum absolute atomic E-state index is 12.0. The van der Waals surface area contributed by atoms with Crippen LogP contribution in [0.3, 0.4) is 0 Å². The molecule has 1 amide bonds. The maximum atomic E-state index is 12.0. The van der Waals surface area contributed by atoms with Crippen LogP contribution in [-0.4, -0.2) is 32.2 Å². The average Bonchev–Trinajstić information content (AvgIpc) is 2.69. The summed E-state index contributed by atoms with van der Waals surface area (Å²) in [4.78, 5) is 23.8. The van der Waals surface area contributed by atoms with Gasteiger partial charge in [-0.3, -0.25) is 4.79 Å².